The number of anilines is 1. The first-order valence-electron chi connectivity index (χ1n) is 7.36. The fraction of sp³-hybridized carbons (Fsp3) is 0.222. The van der Waals surface area contributed by atoms with Crippen LogP contribution in [0.1, 0.15) is 5.56 Å². The molecule has 0 unspecified atom stereocenters. The van der Waals surface area contributed by atoms with Gasteiger partial charge in [-0.25, -0.2) is 4.79 Å². The Labute approximate surface area is 140 Å². The summed E-state index contributed by atoms with van der Waals surface area (Å²) >= 11 is 0. The Bertz CT molecular complexity index is 714. The van der Waals surface area contributed by atoms with Crippen LogP contribution in [-0.2, 0) is 14.3 Å². The molecule has 0 heterocycles. The zero-order valence-electron chi connectivity index (χ0n) is 13.6. The molecule has 2 rings (SSSR count). The van der Waals surface area contributed by atoms with E-state index in [0.717, 1.165) is 5.56 Å². The Morgan fingerprint density at radius 2 is 1.75 bits per heavy atom. The Morgan fingerprint density at radius 3 is 2.46 bits per heavy atom. The maximum absolute atomic E-state index is 11.8. The van der Waals surface area contributed by atoms with Crippen LogP contribution in [0, 0.1) is 6.92 Å². The summed E-state index contributed by atoms with van der Waals surface area (Å²) in [5.41, 5.74) is 1.68. The van der Waals surface area contributed by atoms with Crippen LogP contribution in [0.5, 0.6) is 11.5 Å². The van der Waals surface area contributed by atoms with E-state index in [1.165, 1.54) is 7.11 Å². The number of ether oxygens (including phenoxy) is 3. The Kier molecular flexibility index (Phi) is 6.19. The molecular weight excluding hydrogens is 310 g/mol. The van der Waals surface area contributed by atoms with Gasteiger partial charge in [0.25, 0.3) is 5.91 Å². The molecule has 1 amide bonds. The van der Waals surface area contributed by atoms with Crippen molar-refractivity contribution in [2.24, 2.45) is 0 Å². The normalized spacial score (nSPS) is 9.92. The van der Waals surface area contributed by atoms with Crippen molar-refractivity contribution in [1.82, 2.24) is 0 Å². The van der Waals surface area contributed by atoms with Crippen molar-refractivity contribution in [2.45, 2.75) is 6.92 Å². The number of carbonyl (C=O) groups excluding carboxylic acids is 2. The Morgan fingerprint density at radius 1 is 1.00 bits per heavy atom. The van der Waals surface area contributed by atoms with Crippen molar-refractivity contribution in [3.05, 3.63) is 54.1 Å². The summed E-state index contributed by atoms with van der Waals surface area (Å²) in [7, 11) is 1.51. The van der Waals surface area contributed by atoms with E-state index in [1.807, 2.05) is 25.1 Å². The maximum atomic E-state index is 11.8. The van der Waals surface area contributed by atoms with Crippen molar-refractivity contribution in [3.63, 3.8) is 0 Å². The lowest BCUT2D eigenvalue weighted by molar-refractivity contribution is -0.149. The number of methoxy groups -OCH3 is 1. The topological polar surface area (TPSA) is 73.9 Å². The molecule has 0 spiro atoms. The second-order valence-corrected chi connectivity index (χ2v) is 5.02. The molecule has 6 nitrogen and oxygen atoms in total. The van der Waals surface area contributed by atoms with E-state index in [9.17, 15) is 9.59 Å². The van der Waals surface area contributed by atoms with Crippen molar-refractivity contribution in [2.75, 3.05) is 25.6 Å². The van der Waals surface area contributed by atoms with Crippen LogP contribution < -0.4 is 14.8 Å². The predicted octanol–water partition coefficient (Wildman–Crippen LogP) is 2.56. The SMILES string of the molecule is COc1ccccc1OCC(=O)OCC(=O)Nc1cccc(C)c1. The van der Waals surface area contributed by atoms with E-state index in [-0.39, 0.29) is 13.2 Å². The number of esters is 1. The van der Waals surface area contributed by atoms with E-state index in [4.69, 9.17) is 14.2 Å². The summed E-state index contributed by atoms with van der Waals surface area (Å²) in [5.74, 6) is -0.102. The zero-order valence-corrected chi connectivity index (χ0v) is 13.6. The second-order valence-electron chi connectivity index (χ2n) is 5.02. The predicted molar refractivity (Wildman–Crippen MR) is 89.3 cm³/mol. The molecule has 6 heteroatoms. The van der Waals surface area contributed by atoms with Gasteiger partial charge in [-0.05, 0) is 36.8 Å². The van der Waals surface area contributed by atoms with Crippen LogP contribution in [0.2, 0.25) is 0 Å². The van der Waals surface area contributed by atoms with Crippen LogP contribution in [-0.4, -0.2) is 32.2 Å². The minimum atomic E-state index is -0.639. The fourth-order valence-electron chi connectivity index (χ4n) is 1.98. The summed E-state index contributed by atoms with van der Waals surface area (Å²) in [6, 6.07) is 14.3. The van der Waals surface area contributed by atoms with Gasteiger partial charge in [0, 0.05) is 5.69 Å². The summed E-state index contributed by atoms with van der Waals surface area (Å²) in [4.78, 5) is 23.4. The van der Waals surface area contributed by atoms with Crippen LogP contribution in [0.25, 0.3) is 0 Å². The molecule has 0 aliphatic carbocycles. The van der Waals surface area contributed by atoms with Crippen molar-refractivity contribution < 1.29 is 23.8 Å². The lowest BCUT2D eigenvalue weighted by atomic mass is 10.2. The van der Waals surface area contributed by atoms with Gasteiger partial charge in [0.1, 0.15) is 0 Å². The maximum Gasteiger partial charge on any atom is 0.344 e. The highest BCUT2D eigenvalue weighted by molar-refractivity contribution is 5.92. The lowest BCUT2D eigenvalue weighted by Gasteiger charge is -2.10. The van der Waals surface area contributed by atoms with Gasteiger partial charge >= 0.3 is 5.97 Å². The van der Waals surface area contributed by atoms with Crippen LogP contribution in [0.15, 0.2) is 48.5 Å². The molecule has 0 fully saturated rings. The van der Waals surface area contributed by atoms with Gasteiger partial charge in [-0.15, -0.1) is 0 Å². The van der Waals surface area contributed by atoms with Crippen molar-refractivity contribution >= 4 is 17.6 Å². The number of aryl methyl sites for hydroxylation is 1. The van der Waals surface area contributed by atoms with E-state index >= 15 is 0 Å². The number of amides is 1. The lowest BCUT2D eigenvalue weighted by Crippen LogP contribution is -2.23. The number of hydrogen-bond donors (Lipinski definition) is 1. The largest absolute Gasteiger partial charge is 0.493 e. The number of para-hydroxylation sites is 2. The highest BCUT2D eigenvalue weighted by atomic mass is 16.6. The summed E-state index contributed by atoms with van der Waals surface area (Å²) in [6.07, 6.45) is 0. The number of hydrogen-bond acceptors (Lipinski definition) is 5. The molecule has 0 aromatic heterocycles. The molecule has 0 bridgehead atoms. The molecule has 2 aromatic carbocycles. The summed E-state index contributed by atoms with van der Waals surface area (Å²) in [5, 5.41) is 2.65. The van der Waals surface area contributed by atoms with Crippen molar-refractivity contribution in [3.8, 4) is 11.5 Å². The van der Waals surface area contributed by atoms with E-state index in [0.29, 0.717) is 17.2 Å². The fourth-order valence-corrected chi connectivity index (χ4v) is 1.98. The molecule has 0 atom stereocenters. The van der Waals surface area contributed by atoms with Gasteiger partial charge in [-0.3, -0.25) is 4.79 Å². The van der Waals surface area contributed by atoms with E-state index in [1.54, 1.807) is 30.3 Å². The Balaban J connectivity index is 1.75. The van der Waals surface area contributed by atoms with Crippen LogP contribution in [0.3, 0.4) is 0 Å². The average Bonchev–Trinajstić information content (AvgIpc) is 2.58. The smallest absolute Gasteiger partial charge is 0.344 e. The quantitative estimate of drug-likeness (QED) is 0.790. The van der Waals surface area contributed by atoms with Gasteiger partial charge in [0.05, 0.1) is 7.11 Å². The third-order valence-electron chi connectivity index (χ3n) is 3.08. The first-order valence-corrected chi connectivity index (χ1v) is 7.36. The van der Waals surface area contributed by atoms with Gasteiger partial charge < -0.3 is 19.5 Å². The second kappa shape index (κ2) is 8.57. The molecule has 24 heavy (non-hydrogen) atoms. The molecule has 2 aromatic rings. The molecule has 0 saturated carbocycles. The third kappa shape index (κ3) is 5.31. The first-order chi connectivity index (χ1) is 11.6. The molecule has 0 radical (unpaired) electrons. The number of nitrogens with one attached hydrogen (secondary N) is 1. The first kappa shape index (κ1) is 17.3. The molecule has 0 aliphatic rings. The molecule has 1 N–H and O–H groups in total. The van der Waals surface area contributed by atoms with Gasteiger partial charge in [0.15, 0.2) is 24.7 Å². The Hall–Kier alpha value is -3.02. The zero-order chi connectivity index (χ0) is 17.4. The molecule has 0 saturated heterocycles. The number of carbonyl (C=O) groups is 2. The molecule has 0 aliphatic heterocycles. The van der Waals surface area contributed by atoms with Crippen LogP contribution in [0.4, 0.5) is 5.69 Å². The van der Waals surface area contributed by atoms with E-state index in [2.05, 4.69) is 5.32 Å². The number of benzene rings is 2. The van der Waals surface area contributed by atoms with Gasteiger partial charge in [-0.2, -0.15) is 0 Å². The summed E-state index contributed by atoms with van der Waals surface area (Å²) < 4.78 is 15.3. The van der Waals surface area contributed by atoms with Gasteiger partial charge in [-0.1, -0.05) is 24.3 Å². The van der Waals surface area contributed by atoms with Crippen LogP contribution >= 0.6 is 0 Å². The summed E-state index contributed by atoms with van der Waals surface area (Å²) in [6.45, 7) is 1.24. The highest BCUT2D eigenvalue weighted by Crippen LogP contribution is 2.25. The van der Waals surface area contributed by atoms with E-state index < -0.39 is 11.9 Å². The molecular formula is C18H19NO5. The standard InChI is InChI=1S/C18H19NO5/c1-13-6-5-7-14(10-13)19-17(20)11-24-18(21)12-23-16-9-4-3-8-15(16)22-2/h3-10H,11-12H2,1-2H3,(H,19,20). The average molecular weight is 329 g/mol. The molecule has 126 valence electrons. The highest BCUT2D eigenvalue weighted by Gasteiger charge is 2.10. The monoisotopic (exact) mass is 329 g/mol. The minimum Gasteiger partial charge on any atom is -0.493 e. The number of rotatable bonds is 7. The van der Waals surface area contributed by atoms with Gasteiger partial charge in [0.2, 0.25) is 0 Å². The van der Waals surface area contributed by atoms with Crippen molar-refractivity contribution in [1.29, 1.82) is 0 Å². The minimum absolute atomic E-state index is 0.307. The third-order valence-corrected chi connectivity index (χ3v) is 3.08.